The third-order valence-corrected chi connectivity index (χ3v) is 13.0. The van der Waals surface area contributed by atoms with Gasteiger partial charge >= 0.3 is 0 Å². The number of aromatic nitrogens is 4. The van der Waals surface area contributed by atoms with Crippen molar-refractivity contribution in [3.05, 3.63) is 157 Å². The fourth-order valence-electron chi connectivity index (χ4n) is 8.73. The highest BCUT2D eigenvalue weighted by Crippen LogP contribution is 2.44. The number of para-hydroxylation sites is 1. The maximum atomic E-state index is 6.50. The van der Waals surface area contributed by atoms with Crippen LogP contribution in [-0.2, 0) is 12.8 Å². The van der Waals surface area contributed by atoms with Crippen molar-refractivity contribution in [2.24, 2.45) is 0 Å². The monoisotopic (exact) mass is 782 g/mol. The van der Waals surface area contributed by atoms with Crippen LogP contribution in [0.1, 0.15) is 50.7 Å². The Kier molecular flexibility index (Phi) is 8.81. The summed E-state index contributed by atoms with van der Waals surface area (Å²) in [5.74, 6) is 1.94. The fourth-order valence-corrected chi connectivity index (χ4v) is 9.95. The molecule has 7 aromatic carbocycles. The minimum absolute atomic E-state index is 0.628. The molecule has 0 atom stereocenters. The van der Waals surface area contributed by atoms with Gasteiger partial charge in [-0.05, 0) is 91.4 Å². The molecule has 59 heavy (non-hydrogen) atoms. The Balaban J connectivity index is 1.07. The first kappa shape index (κ1) is 35.5. The fraction of sp³-hybridized carbons (Fsp3) is 0.151. The van der Waals surface area contributed by atoms with E-state index >= 15 is 0 Å². The van der Waals surface area contributed by atoms with Gasteiger partial charge < -0.3 is 8.98 Å². The van der Waals surface area contributed by atoms with Crippen molar-refractivity contribution in [1.29, 1.82) is 0 Å². The molecule has 11 aromatic rings. The van der Waals surface area contributed by atoms with Gasteiger partial charge in [0.1, 0.15) is 11.2 Å². The van der Waals surface area contributed by atoms with Crippen LogP contribution >= 0.6 is 11.3 Å². The smallest absolute Gasteiger partial charge is 0.164 e. The van der Waals surface area contributed by atoms with Crippen molar-refractivity contribution >= 4 is 75.3 Å². The molecule has 0 unspecified atom stereocenters. The van der Waals surface area contributed by atoms with E-state index in [9.17, 15) is 0 Å². The lowest BCUT2D eigenvalue weighted by atomic mass is 10.0. The molecule has 6 heteroatoms. The van der Waals surface area contributed by atoms with Gasteiger partial charge in [0.15, 0.2) is 17.5 Å². The molecule has 0 aliphatic heterocycles. The van der Waals surface area contributed by atoms with Crippen molar-refractivity contribution < 1.29 is 4.42 Å². The van der Waals surface area contributed by atoms with Crippen LogP contribution in [-0.4, -0.2) is 19.5 Å². The van der Waals surface area contributed by atoms with Crippen molar-refractivity contribution in [3.63, 3.8) is 0 Å². The third kappa shape index (κ3) is 6.18. The van der Waals surface area contributed by atoms with Crippen LogP contribution in [0.15, 0.2) is 150 Å². The highest BCUT2D eigenvalue weighted by molar-refractivity contribution is 7.26. The lowest BCUT2D eigenvalue weighted by molar-refractivity contribution is 0.669. The normalized spacial score (nSPS) is 12.0. The highest BCUT2D eigenvalue weighted by atomic mass is 32.1. The number of nitrogens with zero attached hydrogens (tertiary/aromatic N) is 4. The SMILES string of the molecule is CCCCc1ccc(-c2nc(-c3ccccc3)nc(-c3ccc4oc5ccc(-n6c7ccccc7c7ccc8c9cc(CCCC)ccc9sc8c76)cc5c4c3)n2)cc1. The van der Waals surface area contributed by atoms with Gasteiger partial charge in [-0.25, -0.2) is 15.0 Å². The number of hydrogen-bond acceptors (Lipinski definition) is 5. The topological polar surface area (TPSA) is 56.7 Å². The Morgan fingerprint density at radius 2 is 1.12 bits per heavy atom. The summed E-state index contributed by atoms with van der Waals surface area (Å²) in [6.45, 7) is 4.49. The third-order valence-electron chi connectivity index (χ3n) is 11.8. The molecule has 0 saturated heterocycles. The molecule has 0 fully saturated rings. The van der Waals surface area contributed by atoms with E-state index in [1.165, 1.54) is 78.8 Å². The van der Waals surface area contributed by atoms with Gasteiger partial charge in [0.2, 0.25) is 0 Å². The van der Waals surface area contributed by atoms with Crippen molar-refractivity contribution in [3.8, 4) is 39.9 Å². The quantitative estimate of drug-likeness (QED) is 0.139. The number of unbranched alkanes of at least 4 members (excludes halogenated alkanes) is 2. The summed E-state index contributed by atoms with van der Waals surface area (Å²) in [6, 6.07) is 52.3. The average molecular weight is 783 g/mol. The van der Waals surface area contributed by atoms with Crippen LogP contribution in [0.5, 0.6) is 0 Å². The van der Waals surface area contributed by atoms with Gasteiger partial charge in [-0.15, -0.1) is 11.3 Å². The van der Waals surface area contributed by atoms with E-state index in [1.807, 2.05) is 29.5 Å². The minimum atomic E-state index is 0.628. The first-order valence-corrected chi connectivity index (χ1v) is 21.7. The van der Waals surface area contributed by atoms with E-state index in [2.05, 4.69) is 146 Å². The van der Waals surface area contributed by atoms with E-state index in [0.717, 1.165) is 57.2 Å². The van der Waals surface area contributed by atoms with Gasteiger partial charge in [-0.1, -0.05) is 118 Å². The maximum Gasteiger partial charge on any atom is 0.164 e. The minimum Gasteiger partial charge on any atom is -0.456 e. The van der Waals surface area contributed by atoms with Gasteiger partial charge in [-0.3, -0.25) is 0 Å². The number of hydrogen-bond donors (Lipinski definition) is 0. The number of rotatable bonds is 10. The summed E-state index contributed by atoms with van der Waals surface area (Å²) in [5, 5.41) is 7.26. The number of benzene rings is 7. The van der Waals surface area contributed by atoms with E-state index in [-0.39, 0.29) is 0 Å². The van der Waals surface area contributed by atoms with Gasteiger partial charge in [0.05, 0.1) is 15.7 Å². The molecular weight excluding hydrogens is 741 g/mol. The second kappa shape index (κ2) is 14.6. The Morgan fingerprint density at radius 1 is 0.492 bits per heavy atom. The molecule has 0 spiro atoms. The zero-order valence-corrected chi connectivity index (χ0v) is 34.0. The molecule has 0 aliphatic carbocycles. The Hall–Kier alpha value is -6.63. The zero-order chi connectivity index (χ0) is 39.5. The number of aryl methyl sites for hydroxylation is 2. The molecule has 0 aliphatic rings. The van der Waals surface area contributed by atoms with E-state index < -0.39 is 0 Å². The second-order valence-corrected chi connectivity index (χ2v) is 16.7. The average Bonchev–Trinajstić information content (AvgIpc) is 3.96. The summed E-state index contributed by atoms with van der Waals surface area (Å²) in [7, 11) is 0. The van der Waals surface area contributed by atoms with Crippen LogP contribution in [0.25, 0.3) is 104 Å². The zero-order valence-electron chi connectivity index (χ0n) is 33.2. The highest BCUT2D eigenvalue weighted by Gasteiger charge is 2.20. The second-order valence-electron chi connectivity index (χ2n) is 15.7. The summed E-state index contributed by atoms with van der Waals surface area (Å²) in [6.07, 6.45) is 6.94. The summed E-state index contributed by atoms with van der Waals surface area (Å²) in [4.78, 5) is 15.2. The van der Waals surface area contributed by atoms with E-state index in [4.69, 9.17) is 19.4 Å². The van der Waals surface area contributed by atoms with Crippen molar-refractivity contribution in [1.82, 2.24) is 19.5 Å². The van der Waals surface area contributed by atoms with E-state index in [1.54, 1.807) is 0 Å². The summed E-state index contributed by atoms with van der Waals surface area (Å²) >= 11 is 1.90. The van der Waals surface area contributed by atoms with Crippen LogP contribution in [0.2, 0.25) is 0 Å². The Morgan fingerprint density at radius 3 is 1.90 bits per heavy atom. The van der Waals surface area contributed by atoms with E-state index in [0.29, 0.717) is 17.5 Å². The van der Waals surface area contributed by atoms with Crippen LogP contribution in [0.3, 0.4) is 0 Å². The predicted molar refractivity (Wildman–Crippen MR) is 248 cm³/mol. The molecular formula is C53H42N4OS. The molecule has 0 N–H and O–H groups in total. The molecule has 5 nitrogen and oxygen atoms in total. The summed E-state index contributed by atoms with van der Waals surface area (Å²) in [5.41, 5.74) is 10.8. The number of thiophene rings is 1. The molecule has 286 valence electrons. The molecule has 4 aromatic heterocycles. The Bertz CT molecular complexity index is 3360. The number of furan rings is 1. The molecule has 0 bridgehead atoms. The molecule has 0 amide bonds. The molecule has 11 rings (SSSR count). The first-order chi connectivity index (χ1) is 29.1. The molecule has 0 saturated carbocycles. The summed E-state index contributed by atoms with van der Waals surface area (Å²) < 4.78 is 11.6. The number of fused-ring (bicyclic) bond motifs is 10. The largest absolute Gasteiger partial charge is 0.456 e. The van der Waals surface area contributed by atoms with Gasteiger partial charge in [0.25, 0.3) is 0 Å². The lowest BCUT2D eigenvalue weighted by Crippen LogP contribution is -2.00. The van der Waals surface area contributed by atoms with Crippen LogP contribution in [0, 0.1) is 0 Å². The first-order valence-electron chi connectivity index (χ1n) is 20.9. The molecule has 0 radical (unpaired) electrons. The van der Waals surface area contributed by atoms with Crippen LogP contribution < -0.4 is 0 Å². The van der Waals surface area contributed by atoms with Gasteiger partial charge in [0, 0.05) is 59.4 Å². The molecule has 4 heterocycles. The Labute approximate surface area is 346 Å². The lowest BCUT2D eigenvalue weighted by Gasteiger charge is -2.09. The predicted octanol–water partition coefficient (Wildman–Crippen LogP) is 14.9. The van der Waals surface area contributed by atoms with Crippen LogP contribution in [0.4, 0.5) is 0 Å². The van der Waals surface area contributed by atoms with Crippen molar-refractivity contribution in [2.45, 2.75) is 52.4 Å². The van der Waals surface area contributed by atoms with Crippen molar-refractivity contribution in [2.75, 3.05) is 0 Å². The maximum absolute atomic E-state index is 6.50. The standard InChI is InChI=1S/C53H42N4OS/c1-3-5-12-33-18-21-36(22-19-33)52-54-51(35-14-8-7-9-15-35)55-53(56-52)37-23-27-46-42(31-37)43-32-38(24-28-47(43)58-46)57-45-17-11-10-16-39(45)40-25-26-41-44-30-34(13-6-4-2)20-29-48(44)59-50(41)49(40)57/h7-11,14-32H,3-6,12-13H2,1-2H3. The van der Waals surface area contributed by atoms with Gasteiger partial charge in [-0.2, -0.15) is 0 Å².